The van der Waals surface area contributed by atoms with Crippen LogP contribution >= 0.6 is 0 Å². The molecular formula is C22H28N6O. The molecule has 1 amide bonds. The van der Waals surface area contributed by atoms with Crippen molar-refractivity contribution < 1.29 is 4.79 Å². The first kappa shape index (κ1) is 20.7. The summed E-state index contributed by atoms with van der Waals surface area (Å²) in [6, 6.07) is 14.0. The summed E-state index contributed by atoms with van der Waals surface area (Å²) in [4.78, 5) is 15.1. The summed E-state index contributed by atoms with van der Waals surface area (Å²) in [5, 5.41) is 14.5. The highest BCUT2D eigenvalue weighted by Crippen LogP contribution is 2.24. The van der Waals surface area contributed by atoms with E-state index in [9.17, 15) is 4.79 Å². The van der Waals surface area contributed by atoms with Crippen LogP contribution < -0.4 is 5.32 Å². The Hall–Kier alpha value is -3.06. The van der Waals surface area contributed by atoms with Crippen LogP contribution in [0.2, 0.25) is 0 Å². The van der Waals surface area contributed by atoms with Crippen LogP contribution in [0.1, 0.15) is 35.7 Å². The Morgan fingerprint density at radius 1 is 1.14 bits per heavy atom. The molecule has 0 aliphatic rings. The number of benzene rings is 2. The Labute approximate surface area is 171 Å². The number of carbonyl (C=O) groups excluding carboxylic acids is 1. The predicted molar refractivity (Wildman–Crippen MR) is 114 cm³/mol. The van der Waals surface area contributed by atoms with E-state index in [0.717, 1.165) is 36.2 Å². The first-order valence-electron chi connectivity index (χ1n) is 9.83. The zero-order chi connectivity index (χ0) is 20.8. The Kier molecular flexibility index (Phi) is 6.72. The summed E-state index contributed by atoms with van der Waals surface area (Å²) < 4.78 is 1.56. The fourth-order valence-corrected chi connectivity index (χ4v) is 3.16. The average Bonchev–Trinajstić information content (AvgIpc) is 3.23. The lowest BCUT2D eigenvalue weighted by Crippen LogP contribution is -2.33. The second kappa shape index (κ2) is 9.43. The number of tetrazole rings is 1. The molecule has 7 nitrogen and oxygen atoms in total. The lowest BCUT2D eigenvalue weighted by molar-refractivity contribution is 0.0937. The van der Waals surface area contributed by atoms with Crippen molar-refractivity contribution in [3.63, 3.8) is 0 Å². The van der Waals surface area contributed by atoms with E-state index in [4.69, 9.17) is 0 Å². The second-order valence-electron chi connectivity index (χ2n) is 7.71. The minimum absolute atomic E-state index is 0.0920. The maximum atomic E-state index is 12.9. The molecule has 1 heterocycles. The fourth-order valence-electron chi connectivity index (χ4n) is 3.16. The number of rotatable bonds is 8. The van der Waals surface area contributed by atoms with Gasteiger partial charge >= 0.3 is 0 Å². The van der Waals surface area contributed by atoms with Crippen LogP contribution in [0.4, 0.5) is 0 Å². The van der Waals surface area contributed by atoms with Crippen molar-refractivity contribution in [1.29, 1.82) is 0 Å². The lowest BCUT2D eigenvalue weighted by atomic mass is 10.0. The van der Waals surface area contributed by atoms with Gasteiger partial charge in [0.25, 0.3) is 5.91 Å². The number of aromatic nitrogens is 4. The molecule has 3 rings (SSSR count). The number of amides is 1. The zero-order valence-corrected chi connectivity index (χ0v) is 17.5. The Balaban J connectivity index is 1.85. The molecule has 0 spiro atoms. The molecule has 1 aromatic heterocycles. The smallest absolute Gasteiger partial charge is 0.251 e. The van der Waals surface area contributed by atoms with Crippen molar-refractivity contribution in [2.75, 3.05) is 20.6 Å². The Bertz CT molecular complexity index is 934. The molecule has 3 aromatic rings. The third-order valence-electron chi connectivity index (χ3n) is 4.80. The molecule has 7 heteroatoms. The summed E-state index contributed by atoms with van der Waals surface area (Å²) in [5.41, 5.74) is 4.52. The van der Waals surface area contributed by atoms with E-state index in [1.807, 2.05) is 25.1 Å². The van der Waals surface area contributed by atoms with E-state index >= 15 is 0 Å². The van der Waals surface area contributed by atoms with Gasteiger partial charge in [0.15, 0.2) is 0 Å². The normalized spacial score (nSPS) is 12.2. The topological polar surface area (TPSA) is 75.9 Å². The third-order valence-corrected chi connectivity index (χ3v) is 4.80. The molecule has 152 valence electrons. The van der Waals surface area contributed by atoms with Crippen LogP contribution in [0.3, 0.4) is 0 Å². The van der Waals surface area contributed by atoms with E-state index in [2.05, 4.69) is 71.0 Å². The van der Waals surface area contributed by atoms with Gasteiger partial charge < -0.3 is 10.2 Å². The first-order chi connectivity index (χ1) is 13.9. The van der Waals surface area contributed by atoms with Gasteiger partial charge in [0.2, 0.25) is 0 Å². The SMILES string of the molecule is Cc1ccc(-c2cc(C(=O)NC(C)CCCN(C)C)cc(-n3cnnn3)c2)cc1. The average molecular weight is 393 g/mol. The summed E-state index contributed by atoms with van der Waals surface area (Å²) in [5.74, 6) is -0.0920. The van der Waals surface area contributed by atoms with Gasteiger partial charge in [-0.3, -0.25) is 4.79 Å². The summed E-state index contributed by atoms with van der Waals surface area (Å²) in [7, 11) is 4.11. The van der Waals surface area contributed by atoms with Crippen molar-refractivity contribution >= 4 is 5.91 Å². The fraction of sp³-hybridized carbons (Fsp3) is 0.364. The predicted octanol–water partition coefficient (Wildman–Crippen LogP) is 3.10. The maximum Gasteiger partial charge on any atom is 0.251 e. The Morgan fingerprint density at radius 3 is 2.55 bits per heavy atom. The standard InChI is InChI=1S/C22H28N6O/c1-16-7-9-18(10-8-16)19-12-20(14-21(13-19)28-15-23-25-26-28)22(29)24-17(2)6-5-11-27(3)4/h7-10,12-15,17H,5-6,11H2,1-4H3,(H,24,29). The molecule has 0 fully saturated rings. The number of nitrogens with zero attached hydrogens (tertiary/aromatic N) is 5. The van der Waals surface area contributed by atoms with Gasteiger partial charge in [-0.05, 0) is 87.1 Å². The molecule has 0 saturated carbocycles. The molecule has 1 unspecified atom stereocenters. The largest absolute Gasteiger partial charge is 0.350 e. The number of aryl methyl sites for hydroxylation is 1. The van der Waals surface area contributed by atoms with Crippen LogP contribution in [0.5, 0.6) is 0 Å². The first-order valence-corrected chi connectivity index (χ1v) is 9.83. The Morgan fingerprint density at radius 2 is 1.90 bits per heavy atom. The summed E-state index contributed by atoms with van der Waals surface area (Å²) in [6.07, 6.45) is 3.50. The van der Waals surface area contributed by atoms with Gasteiger partial charge in [0, 0.05) is 11.6 Å². The highest BCUT2D eigenvalue weighted by Gasteiger charge is 2.14. The minimum Gasteiger partial charge on any atom is -0.350 e. The summed E-state index contributed by atoms with van der Waals surface area (Å²) in [6.45, 7) is 5.10. The van der Waals surface area contributed by atoms with Gasteiger partial charge in [-0.25, -0.2) is 4.68 Å². The summed E-state index contributed by atoms with van der Waals surface area (Å²) >= 11 is 0. The molecule has 1 N–H and O–H groups in total. The van der Waals surface area contributed by atoms with E-state index in [-0.39, 0.29) is 11.9 Å². The van der Waals surface area contributed by atoms with Crippen LogP contribution in [0.25, 0.3) is 16.8 Å². The van der Waals surface area contributed by atoms with Gasteiger partial charge in [0.05, 0.1) is 5.69 Å². The van der Waals surface area contributed by atoms with Gasteiger partial charge in [-0.2, -0.15) is 0 Å². The molecule has 0 aliphatic carbocycles. The van der Waals surface area contributed by atoms with Crippen molar-refractivity contribution in [3.05, 3.63) is 59.9 Å². The molecular weight excluding hydrogens is 364 g/mol. The van der Waals surface area contributed by atoms with E-state index in [0.29, 0.717) is 5.56 Å². The molecule has 0 saturated heterocycles. The van der Waals surface area contributed by atoms with Gasteiger partial charge in [-0.15, -0.1) is 5.10 Å². The van der Waals surface area contributed by atoms with E-state index in [1.54, 1.807) is 4.68 Å². The minimum atomic E-state index is -0.0920. The van der Waals surface area contributed by atoms with Crippen LogP contribution in [0.15, 0.2) is 48.8 Å². The third kappa shape index (κ3) is 5.71. The highest BCUT2D eigenvalue weighted by atomic mass is 16.1. The molecule has 29 heavy (non-hydrogen) atoms. The van der Waals surface area contributed by atoms with Crippen LogP contribution in [-0.4, -0.2) is 57.7 Å². The van der Waals surface area contributed by atoms with Gasteiger partial charge in [0.1, 0.15) is 6.33 Å². The number of carbonyl (C=O) groups is 1. The highest BCUT2D eigenvalue weighted by molar-refractivity contribution is 5.96. The molecule has 0 radical (unpaired) electrons. The van der Waals surface area contributed by atoms with Crippen LogP contribution in [0, 0.1) is 6.92 Å². The van der Waals surface area contributed by atoms with Crippen molar-refractivity contribution in [2.24, 2.45) is 0 Å². The lowest BCUT2D eigenvalue weighted by Gasteiger charge is -2.16. The van der Waals surface area contributed by atoms with Crippen molar-refractivity contribution in [3.8, 4) is 16.8 Å². The van der Waals surface area contributed by atoms with E-state index in [1.165, 1.54) is 11.9 Å². The van der Waals surface area contributed by atoms with E-state index < -0.39 is 0 Å². The second-order valence-corrected chi connectivity index (χ2v) is 7.71. The zero-order valence-electron chi connectivity index (χ0n) is 17.5. The maximum absolute atomic E-state index is 12.9. The molecule has 0 aliphatic heterocycles. The molecule has 2 aromatic carbocycles. The monoisotopic (exact) mass is 392 g/mol. The number of hydrogen-bond acceptors (Lipinski definition) is 5. The number of nitrogens with one attached hydrogen (secondary N) is 1. The van der Waals surface area contributed by atoms with Crippen molar-refractivity contribution in [2.45, 2.75) is 32.7 Å². The van der Waals surface area contributed by atoms with Crippen molar-refractivity contribution in [1.82, 2.24) is 30.4 Å². The molecule has 0 bridgehead atoms. The van der Waals surface area contributed by atoms with Gasteiger partial charge in [-0.1, -0.05) is 29.8 Å². The number of hydrogen-bond donors (Lipinski definition) is 1. The quantitative estimate of drug-likeness (QED) is 0.637. The van der Waals surface area contributed by atoms with Crippen LogP contribution in [-0.2, 0) is 0 Å². The molecule has 1 atom stereocenters.